The first-order chi connectivity index (χ1) is 9.66. The third-order valence-electron chi connectivity index (χ3n) is 3.66. The predicted molar refractivity (Wildman–Crippen MR) is 74.1 cm³/mol. The number of aryl methyl sites for hydroxylation is 1. The van der Waals surface area contributed by atoms with Crippen molar-refractivity contribution in [3.63, 3.8) is 0 Å². The Hall–Kier alpha value is -2.01. The molecule has 3 rings (SSSR count). The molecular weight excluding hydrogens is 256 g/mol. The summed E-state index contributed by atoms with van der Waals surface area (Å²) in [6.07, 6.45) is 1.86. The predicted octanol–water partition coefficient (Wildman–Crippen LogP) is 1.97. The number of fused-ring (bicyclic) bond motifs is 1. The molecule has 5 nitrogen and oxygen atoms in total. The lowest BCUT2D eigenvalue weighted by Crippen LogP contribution is -2.03. The van der Waals surface area contributed by atoms with Gasteiger partial charge in [-0.3, -0.25) is 4.68 Å². The average molecular weight is 274 g/mol. The highest BCUT2D eigenvalue weighted by molar-refractivity contribution is 5.45. The van der Waals surface area contributed by atoms with E-state index in [1.165, 1.54) is 0 Å². The molecule has 1 atom stereocenters. The van der Waals surface area contributed by atoms with E-state index in [2.05, 4.69) is 5.10 Å². The normalized spacial score (nSPS) is 15.8. The Kier molecular flexibility index (Phi) is 3.36. The fourth-order valence-electron chi connectivity index (χ4n) is 2.31. The highest BCUT2D eigenvalue weighted by Crippen LogP contribution is 2.34. The summed E-state index contributed by atoms with van der Waals surface area (Å²) in [5.41, 5.74) is 2.54. The SMILES string of the molecule is Cc1c(C(O)c2ccc3c(c2)OCCCO3)cnn1C. The van der Waals surface area contributed by atoms with Crippen molar-refractivity contribution in [2.75, 3.05) is 13.2 Å². The number of hydrogen-bond acceptors (Lipinski definition) is 4. The minimum Gasteiger partial charge on any atom is -0.490 e. The van der Waals surface area contributed by atoms with Crippen LogP contribution in [0.2, 0.25) is 0 Å². The van der Waals surface area contributed by atoms with Crippen LogP contribution < -0.4 is 9.47 Å². The molecule has 1 N–H and O–H groups in total. The Morgan fingerprint density at radius 2 is 2.00 bits per heavy atom. The summed E-state index contributed by atoms with van der Waals surface area (Å²) >= 11 is 0. The van der Waals surface area contributed by atoms with Crippen molar-refractivity contribution in [1.82, 2.24) is 9.78 Å². The van der Waals surface area contributed by atoms with Gasteiger partial charge in [0.1, 0.15) is 6.10 Å². The molecule has 20 heavy (non-hydrogen) atoms. The summed E-state index contributed by atoms with van der Waals surface area (Å²) in [5.74, 6) is 1.43. The smallest absolute Gasteiger partial charge is 0.161 e. The molecule has 1 aromatic carbocycles. The average Bonchev–Trinajstić information content (AvgIpc) is 2.68. The minimum atomic E-state index is -0.708. The molecule has 2 aromatic rings. The van der Waals surface area contributed by atoms with Gasteiger partial charge in [0.15, 0.2) is 11.5 Å². The molecule has 0 spiro atoms. The number of ether oxygens (including phenoxy) is 2. The van der Waals surface area contributed by atoms with Gasteiger partial charge in [0.05, 0.1) is 19.4 Å². The van der Waals surface area contributed by atoms with Gasteiger partial charge in [0.2, 0.25) is 0 Å². The second-order valence-electron chi connectivity index (χ2n) is 4.97. The van der Waals surface area contributed by atoms with Gasteiger partial charge in [-0.05, 0) is 24.6 Å². The molecule has 0 saturated heterocycles. The number of aliphatic hydroxyl groups is 1. The zero-order valence-electron chi connectivity index (χ0n) is 11.7. The Bertz CT molecular complexity index is 622. The Morgan fingerprint density at radius 3 is 2.70 bits per heavy atom. The molecule has 2 heterocycles. The van der Waals surface area contributed by atoms with E-state index in [0.29, 0.717) is 19.0 Å². The third-order valence-corrected chi connectivity index (χ3v) is 3.66. The van der Waals surface area contributed by atoms with E-state index < -0.39 is 6.10 Å². The van der Waals surface area contributed by atoms with E-state index in [-0.39, 0.29) is 0 Å². The summed E-state index contributed by atoms with van der Waals surface area (Å²) < 4.78 is 13.0. The third kappa shape index (κ3) is 2.25. The van der Waals surface area contributed by atoms with Crippen molar-refractivity contribution in [3.05, 3.63) is 41.2 Å². The van der Waals surface area contributed by atoms with E-state index in [9.17, 15) is 5.11 Å². The minimum absolute atomic E-state index is 0.637. The molecule has 1 unspecified atom stereocenters. The monoisotopic (exact) mass is 274 g/mol. The van der Waals surface area contributed by atoms with Crippen molar-refractivity contribution in [2.45, 2.75) is 19.4 Å². The first-order valence-electron chi connectivity index (χ1n) is 6.73. The first kappa shape index (κ1) is 13.0. The standard InChI is InChI=1S/C15H18N2O3/c1-10-12(9-16-17(10)2)15(18)11-4-5-13-14(8-11)20-7-3-6-19-13/h4-5,8-9,15,18H,3,6-7H2,1-2H3. The van der Waals surface area contributed by atoms with Crippen molar-refractivity contribution in [3.8, 4) is 11.5 Å². The number of benzene rings is 1. The topological polar surface area (TPSA) is 56.5 Å². The summed E-state index contributed by atoms with van der Waals surface area (Å²) in [7, 11) is 1.86. The molecule has 0 amide bonds. The quantitative estimate of drug-likeness (QED) is 0.909. The fraction of sp³-hybridized carbons (Fsp3) is 0.400. The van der Waals surface area contributed by atoms with Crippen LogP contribution in [-0.4, -0.2) is 28.1 Å². The molecule has 1 aromatic heterocycles. The zero-order valence-corrected chi connectivity index (χ0v) is 11.7. The van der Waals surface area contributed by atoms with Gasteiger partial charge in [-0.25, -0.2) is 0 Å². The van der Waals surface area contributed by atoms with Gasteiger partial charge in [0, 0.05) is 24.7 Å². The van der Waals surface area contributed by atoms with Crippen molar-refractivity contribution in [2.24, 2.45) is 7.05 Å². The summed E-state index contributed by atoms with van der Waals surface area (Å²) in [4.78, 5) is 0. The lowest BCUT2D eigenvalue weighted by Gasteiger charge is -2.14. The van der Waals surface area contributed by atoms with Crippen LogP contribution in [0.4, 0.5) is 0 Å². The molecular formula is C15H18N2O3. The first-order valence-corrected chi connectivity index (χ1v) is 6.73. The zero-order chi connectivity index (χ0) is 14.1. The van der Waals surface area contributed by atoms with Crippen LogP contribution in [0.5, 0.6) is 11.5 Å². The molecule has 0 radical (unpaired) electrons. The van der Waals surface area contributed by atoms with Crippen LogP contribution in [0.25, 0.3) is 0 Å². The number of hydrogen-bond donors (Lipinski definition) is 1. The lowest BCUT2D eigenvalue weighted by molar-refractivity contribution is 0.218. The van der Waals surface area contributed by atoms with E-state index in [1.54, 1.807) is 10.9 Å². The van der Waals surface area contributed by atoms with Crippen LogP contribution >= 0.6 is 0 Å². The Morgan fingerprint density at radius 1 is 1.25 bits per heavy atom. The van der Waals surface area contributed by atoms with E-state index in [0.717, 1.165) is 29.0 Å². The van der Waals surface area contributed by atoms with Crippen LogP contribution in [0, 0.1) is 6.92 Å². The molecule has 0 bridgehead atoms. The number of nitrogens with zero attached hydrogens (tertiary/aromatic N) is 2. The fourth-order valence-corrected chi connectivity index (χ4v) is 2.31. The van der Waals surface area contributed by atoms with Gasteiger partial charge < -0.3 is 14.6 Å². The summed E-state index contributed by atoms with van der Waals surface area (Å²) in [6.45, 7) is 3.24. The molecule has 1 aliphatic rings. The van der Waals surface area contributed by atoms with E-state index in [1.807, 2.05) is 32.2 Å². The molecule has 1 aliphatic heterocycles. The molecule has 0 saturated carbocycles. The number of aromatic nitrogens is 2. The van der Waals surface area contributed by atoms with E-state index in [4.69, 9.17) is 9.47 Å². The second-order valence-corrected chi connectivity index (χ2v) is 4.97. The maximum absolute atomic E-state index is 10.5. The summed E-state index contributed by atoms with van der Waals surface area (Å²) in [5, 5.41) is 14.7. The maximum atomic E-state index is 10.5. The van der Waals surface area contributed by atoms with Gasteiger partial charge in [-0.15, -0.1) is 0 Å². The highest BCUT2D eigenvalue weighted by atomic mass is 16.5. The largest absolute Gasteiger partial charge is 0.490 e. The van der Waals surface area contributed by atoms with Crippen molar-refractivity contribution in [1.29, 1.82) is 0 Å². The lowest BCUT2D eigenvalue weighted by atomic mass is 10.0. The van der Waals surface area contributed by atoms with Gasteiger partial charge in [-0.2, -0.15) is 5.10 Å². The van der Waals surface area contributed by atoms with E-state index >= 15 is 0 Å². The Balaban J connectivity index is 1.94. The maximum Gasteiger partial charge on any atom is 0.161 e. The number of rotatable bonds is 2. The Labute approximate surface area is 117 Å². The van der Waals surface area contributed by atoms with Crippen molar-refractivity contribution >= 4 is 0 Å². The number of aliphatic hydroxyl groups excluding tert-OH is 1. The van der Waals surface area contributed by atoms with Crippen LogP contribution in [-0.2, 0) is 7.05 Å². The summed E-state index contributed by atoms with van der Waals surface area (Å²) in [6, 6.07) is 5.56. The second kappa shape index (κ2) is 5.17. The highest BCUT2D eigenvalue weighted by Gasteiger charge is 2.19. The van der Waals surface area contributed by atoms with Crippen LogP contribution in [0.3, 0.4) is 0 Å². The van der Waals surface area contributed by atoms with Gasteiger partial charge in [0.25, 0.3) is 0 Å². The molecule has 5 heteroatoms. The van der Waals surface area contributed by atoms with Crippen LogP contribution in [0.1, 0.15) is 29.3 Å². The van der Waals surface area contributed by atoms with Crippen molar-refractivity contribution < 1.29 is 14.6 Å². The van der Waals surface area contributed by atoms with Gasteiger partial charge >= 0.3 is 0 Å². The van der Waals surface area contributed by atoms with Crippen LogP contribution in [0.15, 0.2) is 24.4 Å². The molecule has 0 aliphatic carbocycles. The van der Waals surface area contributed by atoms with Gasteiger partial charge in [-0.1, -0.05) is 6.07 Å². The molecule has 0 fully saturated rings. The molecule has 106 valence electrons.